The monoisotopic (exact) mass is 376 g/mol. The molecule has 1 atom stereocenters. The number of rotatable bonds is 1. The van der Waals surface area contributed by atoms with E-state index in [1.165, 1.54) is 6.07 Å². The smallest absolute Gasteiger partial charge is 0.175 e. The highest BCUT2D eigenvalue weighted by atomic mass is 79.9. The number of benzene rings is 1. The molecule has 4 rings (SSSR count). The molecule has 4 nitrogen and oxygen atoms in total. The van der Waals surface area contributed by atoms with Crippen molar-refractivity contribution in [2.24, 2.45) is 0 Å². The van der Waals surface area contributed by atoms with Gasteiger partial charge in [-0.05, 0) is 40.0 Å². The topological polar surface area (TPSA) is 58.2 Å². The van der Waals surface area contributed by atoms with Gasteiger partial charge in [-0.15, -0.1) is 0 Å². The number of hydrogen-bond acceptors (Lipinski definition) is 4. The fourth-order valence-corrected chi connectivity index (χ4v) is 4.00. The van der Waals surface area contributed by atoms with Gasteiger partial charge in [0.15, 0.2) is 11.6 Å². The van der Waals surface area contributed by atoms with E-state index in [0.29, 0.717) is 35.0 Å². The molecule has 0 amide bonds. The Morgan fingerprint density at radius 2 is 1.83 bits per heavy atom. The summed E-state index contributed by atoms with van der Waals surface area (Å²) < 4.78 is 13.9. The third-order valence-corrected chi connectivity index (χ3v) is 5.20. The first-order valence-corrected chi connectivity index (χ1v) is 8.30. The number of carbonyl (C=O) groups is 2. The molecule has 2 N–H and O–H groups in total. The average molecular weight is 377 g/mol. The normalized spacial score (nSPS) is 23.8. The molecule has 1 aromatic carbocycles. The highest BCUT2D eigenvalue weighted by molar-refractivity contribution is 9.10. The van der Waals surface area contributed by atoms with Gasteiger partial charge in [0.1, 0.15) is 5.82 Å². The first kappa shape index (κ1) is 14.8. The molecule has 0 bridgehead atoms. The molecular weight excluding hydrogens is 363 g/mol. The molecule has 1 aliphatic carbocycles. The average Bonchev–Trinajstić information content (AvgIpc) is 2.90. The molecule has 0 aromatic heterocycles. The lowest BCUT2D eigenvalue weighted by atomic mass is 9.77. The predicted molar refractivity (Wildman–Crippen MR) is 86.1 cm³/mol. The van der Waals surface area contributed by atoms with Crippen molar-refractivity contribution < 1.29 is 14.0 Å². The molecule has 23 heavy (non-hydrogen) atoms. The maximum atomic E-state index is 13.6. The molecule has 0 fully saturated rings. The Bertz CT molecular complexity index is 813. The number of allylic oxidation sites excluding steroid dienone is 2. The van der Waals surface area contributed by atoms with Crippen molar-refractivity contribution in [2.75, 3.05) is 13.1 Å². The minimum Gasteiger partial charge on any atom is -0.360 e. The van der Waals surface area contributed by atoms with Crippen LogP contribution in [-0.4, -0.2) is 24.7 Å². The number of ketones is 2. The summed E-state index contributed by atoms with van der Waals surface area (Å²) in [5.74, 6) is -0.713. The zero-order valence-electron chi connectivity index (χ0n) is 12.2. The number of nitrogens with one attached hydrogen (secondary N) is 2. The van der Waals surface area contributed by atoms with Crippen LogP contribution in [0.5, 0.6) is 0 Å². The molecule has 2 aliphatic heterocycles. The summed E-state index contributed by atoms with van der Waals surface area (Å²) in [6.07, 6.45) is 1.12. The summed E-state index contributed by atoms with van der Waals surface area (Å²) in [4.78, 5) is 24.9. The van der Waals surface area contributed by atoms with E-state index in [1.54, 1.807) is 12.1 Å². The molecule has 0 unspecified atom stereocenters. The zero-order chi connectivity index (χ0) is 16.1. The Morgan fingerprint density at radius 3 is 2.61 bits per heavy atom. The Balaban J connectivity index is 1.91. The third kappa shape index (κ3) is 2.28. The first-order valence-electron chi connectivity index (χ1n) is 7.51. The van der Waals surface area contributed by atoms with Crippen LogP contribution < -0.4 is 10.6 Å². The highest BCUT2D eigenvalue weighted by Crippen LogP contribution is 2.44. The lowest BCUT2D eigenvalue weighted by molar-refractivity contribution is -0.115. The summed E-state index contributed by atoms with van der Waals surface area (Å²) in [6, 6.07) is 4.70. The maximum absolute atomic E-state index is 13.6. The standard InChI is InChI=1S/C17H14BrFN2O2/c18-9-5-8(1-2-10(9)19)15-16-11(3-4-13(16)22)21-12-6-20-7-14(23)17(12)15/h1-2,5,15,20-21H,3-4,6-7H2/t15-/m1/s1. The van der Waals surface area contributed by atoms with Crippen LogP contribution in [0.4, 0.5) is 4.39 Å². The van der Waals surface area contributed by atoms with Crippen LogP contribution in [-0.2, 0) is 9.59 Å². The lowest BCUT2D eigenvalue weighted by Gasteiger charge is -2.33. The van der Waals surface area contributed by atoms with Crippen molar-refractivity contribution in [2.45, 2.75) is 18.8 Å². The van der Waals surface area contributed by atoms with Gasteiger partial charge in [-0.3, -0.25) is 9.59 Å². The van der Waals surface area contributed by atoms with Crippen LogP contribution >= 0.6 is 15.9 Å². The molecule has 0 radical (unpaired) electrons. The van der Waals surface area contributed by atoms with E-state index >= 15 is 0 Å². The molecule has 6 heteroatoms. The Hall–Kier alpha value is -1.79. The molecule has 0 saturated heterocycles. The zero-order valence-corrected chi connectivity index (χ0v) is 13.8. The van der Waals surface area contributed by atoms with E-state index in [1.807, 2.05) is 0 Å². The van der Waals surface area contributed by atoms with Crippen molar-refractivity contribution in [3.8, 4) is 0 Å². The van der Waals surface area contributed by atoms with Gasteiger partial charge in [0, 0.05) is 41.4 Å². The second kappa shape index (κ2) is 5.39. The molecule has 0 spiro atoms. The van der Waals surface area contributed by atoms with Gasteiger partial charge >= 0.3 is 0 Å². The molecule has 0 saturated carbocycles. The quantitative estimate of drug-likeness (QED) is 0.789. The number of dihydropyridines is 1. The van der Waals surface area contributed by atoms with Gasteiger partial charge in [-0.25, -0.2) is 4.39 Å². The Kier molecular flexibility index (Phi) is 3.46. The van der Waals surface area contributed by atoms with Crippen LogP contribution in [0.3, 0.4) is 0 Å². The fraction of sp³-hybridized carbons (Fsp3) is 0.294. The SMILES string of the molecule is O=C1CCC2=C1[C@@H](c1ccc(F)c(Br)c1)C1=C(CNCC1=O)N2. The molecule has 2 heterocycles. The van der Waals surface area contributed by atoms with E-state index in [-0.39, 0.29) is 23.9 Å². The van der Waals surface area contributed by atoms with Gasteiger partial charge in [-0.2, -0.15) is 0 Å². The van der Waals surface area contributed by atoms with E-state index in [9.17, 15) is 14.0 Å². The van der Waals surface area contributed by atoms with Crippen molar-refractivity contribution in [3.05, 3.63) is 56.6 Å². The van der Waals surface area contributed by atoms with E-state index < -0.39 is 5.92 Å². The second-order valence-corrected chi connectivity index (χ2v) is 6.82. The number of Topliss-reactive ketones (excluding diaryl/α,β-unsaturated/α-hetero) is 2. The number of carbonyl (C=O) groups excluding carboxylic acids is 2. The van der Waals surface area contributed by atoms with Crippen molar-refractivity contribution in [1.82, 2.24) is 10.6 Å². The van der Waals surface area contributed by atoms with E-state index in [2.05, 4.69) is 26.6 Å². The largest absolute Gasteiger partial charge is 0.360 e. The van der Waals surface area contributed by atoms with Gasteiger partial charge < -0.3 is 10.6 Å². The summed E-state index contributed by atoms with van der Waals surface area (Å²) in [6.45, 7) is 0.834. The van der Waals surface area contributed by atoms with Crippen LogP contribution in [0, 0.1) is 5.82 Å². The molecule has 3 aliphatic rings. The third-order valence-electron chi connectivity index (χ3n) is 4.60. The van der Waals surface area contributed by atoms with Crippen molar-refractivity contribution in [1.29, 1.82) is 0 Å². The maximum Gasteiger partial charge on any atom is 0.175 e. The van der Waals surface area contributed by atoms with E-state index in [4.69, 9.17) is 0 Å². The highest BCUT2D eigenvalue weighted by Gasteiger charge is 2.41. The summed E-state index contributed by atoms with van der Waals surface area (Å²) in [7, 11) is 0. The molecule has 118 valence electrons. The lowest BCUT2D eigenvalue weighted by Crippen LogP contribution is -2.42. The van der Waals surface area contributed by atoms with Crippen LogP contribution in [0.25, 0.3) is 0 Å². The first-order chi connectivity index (χ1) is 11.1. The summed E-state index contributed by atoms with van der Waals surface area (Å²) >= 11 is 3.20. The minimum atomic E-state index is -0.400. The number of hydrogen-bond donors (Lipinski definition) is 2. The second-order valence-electron chi connectivity index (χ2n) is 5.97. The number of halogens is 2. The predicted octanol–water partition coefficient (Wildman–Crippen LogP) is 2.32. The Morgan fingerprint density at radius 1 is 1.04 bits per heavy atom. The van der Waals surface area contributed by atoms with Gasteiger partial charge in [0.25, 0.3) is 0 Å². The molecular formula is C17H14BrFN2O2. The van der Waals surface area contributed by atoms with Crippen molar-refractivity contribution >= 4 is 27.5 Å². The summed E-state index contributed by atoms with van der Waals surface area (Å²) in [5, 5.41) is 6.34. The van der Waals surface area contributed by atoms with Gasteiger partial charge in [0.2, 0.25) is 0 Å². The van der Waals surface area contributed by atoms with Crippen LogP contribution in [0.2, 0.25) is 0 Å². The summed E-state index contributed by atoms with van der Waals surface area (Å²) in [5.41, 5.74) is 3.80. The van der Waals surface area contributed by atoms with E-state index in [0.717, 1.165) is 17.0 Å². The van der Waals surface area contributed by atoms with Gasteiger partial charge in [-0.1, -0.05) is 6.07 Å². The molecule has 1 aromatic rings. The Labute approximate surface area is 141 Å². The van der Waals surface area contributed by atoms with Gasteiger partial charge in [0.05, 0.1) is 11.0 Å². The van der Waals surface area contributed by atoms with Crippen LogP contribution in [0.15, 0.2) is 45.2 Å². The minimum absolute atomic E-state index is 0.0181. The van der Waals surface area contributed by atoms with Crippen LogP contribution in [0.1, 0.15) is 24.3 Å². The fourth-order valence-electron chi connectivity index (χ4n) is 3.60. The van der Waals surface area contributed by atoms with Crippen molar-refractivity contribution in [3.63, 3.8) is 0 Å².